The highest BCUT2D eigenvalue weighted by Crippen LogP contribution is 2.37. The second-order valence-corrected chi connectivity index (χ2v) is 9.03. The van der Waals surface area contributed by atoms with Gasteiger partial charge in [-0.05, 0) is 43.3 Å². The van der Waals surface area contributed by atoms with E-state index < -0.39 is 26.4 Å². The highest BCUT2D eigenvalue weighted by molar-refractivity contribution is 7.90. The molecule has 34 heavy (non-hydrogen) atoms. The molecular formula is C21H22N4O8S. The van der Waals surface area contributed by atoms with Crippen LogP contribution in [0.4, 0.5) is 11.5 Å². The highest BCUT2D eigenvalue weighted by atomic mass is 32.2. The van der Waals surface area contributed by atoms with E-state index in [4.69, 9.17) is 13.9 Å². The van der Waals surface area contributed by atoms with E-state index in [0.29, 0.717) is 5.76 Å². The molecule has 0 aliphatic rings. The molecule has 180 valence electrons. The second-order valence-electron chi connectivity index (χ2n) is 7.01. The molecule has 0 radical (unpaired) electrons. The summed E-state index contributed by atoms with van der Waals surface area (Å²) in [5.74, 6) is -0.253. The van der Waals surface area contributed by atoms with Gasteiger partial charge in [-0.1, -0.05) is 0 Å². The number of esters is 1. The van der Waals surface area contributed by atoms with Crippen LogP contribution in [0.25, 0.3) is 0 Å². The third-order valence-electron chi connectivity index (χ3n) is 4.54. The minimum Gasteiger partial charge on any atom is -0.467 e. The topological polar surface area (TPSA) is 155 Å². The number of anilines is 1. The molecule has 13 heteroatoms. The third kappa shape index (κ3) is 6.28. The molecule has 0 saturated carbocycles. The van der Waals surface area contributed by atoms with Crippen molar-refractivity contribution in [1.29, 1.82) is 0 Å². The average Bonchev–Trinajstić information content (AvgIpc) is 3.29. The zero-order chi connectivity index (χ0) is 24.7. The summed E-state index contributed by atoms with van der Waals surface area (Å²) in [7, 11) is -3.42. The molecule has 0 bridgehead atoms. The molecule has 0 aliphatic carbocycles. The lowest BCUT2D eigenvalue weighted by Gasteiger charge is -2.22. The SMILES string of the molecule is CCOC(=O)CCN(Cc1ccco1)c1ncnc(Oc2ccc(S(C)(=O)=O)cc2)c1[N+](=O)[O-]. The first-order valence-electron chi connectivity index (χ1n) is 10.1. The molecule has 3 aromatic rings. The van der Waals surface area contributed by atoms with Crippen molar-refractivity contribution in [3.8, 4) is 11.6 Å². The number of hydrogen-bond acceptors (Lipinski definition) is 11. The van der Waals surface area contributed by atoms with E-state index in [2.05, 4.69) is 9.97 Å². The summed E-state index contributed by atoms with van der Waals surface area (Å²) in [5, 5.41) is 12.0. The Balaban J connectivity index is 1.95. The smallest absolute Gasteiger partial charge is 0.373 e. The molecule has 1 aromatic carbocycles. The van der Waals surface area contributed by atoms with Gasteiger partial charge in [0, 0.05) is 12.8 Å². The second kappa shape index (κ2) is 10.7. The van der Waals surface area contributed by atoms with Crippen molar-refractivity contribution in [2.75, 3.05) is 24.3 Å². The van der Waals surface area contributed by atoms with Crippen LogP contribution in [0, 0.1) is 10.1 Å². The quantitative estimate of drug-likeness (QED) is 0.221. The Bertz CT molecular complexity index is 1240. The van der Waals surface area contributed by atoms with Crippen LogP contribution in [-0.2, 0) is 25.9 Å². The predicted octanol–water partition coefficient (Wildman–Crippen LogP) is 3.13. The first kappa shape index (κ1) is 24.6. The van der Waals surface area contributed by atoms with Crippen LogP contribution >= 0.6 is 0 Å². The lowest BCUT2D eigenvalue weighted by atomic mass is 10.3. The summed E-state index contributed by atoms with van der Waals surface area (Å²) in [6.07, 6.45) is 3.58. The maximum atomic E-state index is 12.0. The monoisotopic (exact) mass is 490 g/mol. The van der Waals surface area contributed by atoms with Gasteiger partial charge in [-0.15, -0.1) is 0 Å². The van der Waals surface area contributed by atoms with E-state index in [1.807, 2.05) is 0 Å². The van der Waals surface area contributed by atoms with Gasteiger partial charge < -0.3 is 18.8 Å². The Kier molecular flexibility index (Phi) is 7.79. The Morgan fingerprint density at radius 1 is 1.21 bits per heavy atom. The molecule has 0 amide bonds. The van der Waals surface area contributed by atoms with Crippen molar-refractivity contribution in [3.05, 3.63) is 64.9 Å². The van der Waals surface area contributed by atoms with Crippen LogP contribution in [0.15, 0.2) is 58.3 Å². The van der Waals surface area contributed by atoms with Gasteiger partial charge >= 0.3 is 17.5 Å². The zero-order valence-electron chi connectivity index (χ0n) is 18.4. The van der Waals surface area contributed by atoms with Crippen molar-refractivity contribution in [1.82, 2.24) is 9.97 Å². The lowest BCUT2D eigenvalue weighted by Crippen LogP contribution is -2.28. The van der Waals surface area contributed by atoms with Crippen molar-refractivity contribution in [2.24, 2.45) is 0 Å². The molecule has 2 heterocycles. The Morgan fingerprint density at radius 2 is 1.94 bits per heavy atom. The molecule has 0 atom stereocenters. The summed E-state index contributed by atoms with van der Waals surface area (Å²) < 4.78 is 39.2. The average molecular weight is 490 g/mol. The Labute approximate surface area is 195 Å². The predicted molar refractivity (Wildman–Crippen MR) is 119 cm³/mol. The maximum Gasteiger partial charge on any atom is 0.373 e. The lowest BCUT2D eigenvalue weighted by molar-refractivity contribution is -0.385. The molecule has 12 nitrogen and oxygen atoms in total. The number of carbonyl (C=O) groups is 1. The molecule has 0 aliphatic heterocycles. The molecule has 2 aromatic heterocycles. The first-order valence-corrected chi connectivity index (χ1v) is 12.0. The minimum absolute atomic E-state index is 0.0428. The number of sulfone groups is 1. The number of nitrogens with zero attached hydrogens (tertiary/aromatic N) is 4. The number of ether oxygens (including phenoxy) is 2. The van der Waals surface area contributed by atoms with Crippen LogP contribution in [-0.4, -0.2) is 48.7 Å². The fraction of sp³-hybridized carbons (Fsp3) is 0.286. The molecule has 0 fully saturated rings. The molecule has 0 spiro atoms. The van der Waals surface area contributed by atoms with Crippen LogP contribution in [0.2, 0.25) is 0 Å². The Hall–Kier alpha value is -4.00. The van der Waals surface area contributed by atoms with Crippen LogP contribution < -0.4 is 9.64 Å². The van der Waals surface area contributed by atoms with Gasteiger partial charge in [-0.25, -0.2) is 13.4 Å². The van der Waals surface area contributed by atoms with E-state index in [9.17, 15) is 23.3 Å². The number of hydrogen-bond donors (Lipinski definition) is 0. The van der Waals surface area contributed by atoms with Gasteiger partial charge in [0.15, 0.2) is 9.84 Å². The standard InChI is InChI=1S/C21H22N4O8S/c1-3-31-18(26)10-11-24(13-16-5-4-12-32-16)20-19(25(27)28)21(23-14-22-20)33-15-6-8-17(9-7-15)34(2,29)30/h4-9,12,14H,3,10-11,13H2,1-2H3. The summed E-state index contributed by atoms with van der Waals surface area (Å²) in [4.78, 5) is 32.7. The van der Waals surface area contributed by atoms with Crippen molar-refractivity contribution in [3.63, 3.8) is 0 Å². The van der Waals surface area contributed by atoms with E-state index in [1.165, 1.54) is 35.4 Å². The molecule has 3 rings (SSSR count). The minimum atomic E-state index is -3.42. The van der Waals surface area contributed by atoms with Gasteiger partial charge in [0.2, 0.25) is 5.82 Å². The zero-order valence-corrected chi connectivity index (χ0v) is 19.2. The maximum absolute atomic E-state index is 12.0. The normalized spacial score (nSPS) is 11.1. The van der Waals surface area contributed by atoms with E-state index in [1.54, 1.807) is 19.1 Å². The highest BCUT2D eigenvalue weighted by Gasteiger charge is 2.30. The molecular weight excluding hydrogens is 468 g/mol. The van der Waals surface area contributed by atoms with E-state index in [-0.39, 0.29) is 48.5 Å². The van der Waals surface area contributed by atoms with Crippen LogP contribution in [0.1, 0.15) is 19.1 Å². The summed E-state index contributed by atoms with van der Waals surface area (Å²) in [5.41, 5.74) is -0.523. The number of rotatable bonds is 11. The largest absolute Gasteiger partial charge is 0.467 e. The first-order chi connectivity index (χ1) is 16.2. The van der Waals surface area contributed by atoms with E-state index >= 15 is 0 Å². The summed E-state index contributed by atoms with van der Waals surface area (Å²) in [6.45, 7) is 2.03. The fourth-order valence-electron chi connectivity index (χ4n) is 3.00. The van der Waals surface area contributed by atoms with Gasteiger partial charge in [-0.3, -0.25) is 14.9 Å². The Morgan fingerprint density at radius 3 is 2.53 bits per heavy atom. The van der Waals surface area contributed by atoms with Crippen molar-refractivity contribution in [2.45, 2.75) is 24.8 Å². The van der Waals surface area contributed by atoms with Gasteiger partial charge in [0.05, 0.1) is 35.7 Å². The van der Waals surface area contributed by atoms with Gasteiger partial charge in [-0.2, -0.15) is 4.98 Å². The number of carbonyl (C=O) groups excluding carboxylic acids is 1. The third-order valence-corrected chi connectivity index (χ3v) is 5.66. The van der Waals surface area contributed by atoms with Crippen LogP contribution in [0.5, 0.6) is 11.6 Å². The van der Waals surface area contributed by atoms with Crippen molar-refractivity contribution < 1.29 is 32.0 Å². The summed E-state index contributed by atoms with van der Waals surface area (Å²) >= 11 is 0. The number of benzene rings is 1. The van der Waals surface area contributed by atoms with Gasteiger partial charge in [0.25, 0.3) is 0 Å². The van der Waals surface area contributed by atoms with Crippen LogP contribution in [0.3, 0.4) is 0 Å². The number of aromatic nitrogens is 2. The molecule has 0 N–H and O–H groups in total. The number of furan rings is 1. The van der Waals surface area contributed by atoms with Crippen molar-refractivity contribution >= 4 is 27.3 Å². The molecule has 0 unspecified atom stereocenters. The summed E-state index contributed by atoms with van der Waals surface area (Å²) in [6, 6.07) is 8.72. The number of nitro groups is 1. The molecule has 0 saturated heterocycles. The fourth-order valence-corrected chi connectivity index (χ4v) is 3.63. The van der Waals surface area contributed by atoms with Gasteiger partial charge in [0.1, 0.15) is 17.8 Å². The van der Waals surface area contributed by atoms with E-state index in [0.717, 1.165) is 12.6 Å².